The molecule has 0 bridgehead atoms. The maximum atomic E-state index is 12.9. The SMILES string of the molecule is C[C@@]1(CN2CC(F)C2)COC[C@@H](COc2ccc(Br)cc2)O1. The van der Waals surface area contributed by atoms with Crippen LogP contribution in [0.25, 0.3) is 0 Å². The van der Waals surface area contributed by atoms with Crippen LogP contribution in [0.2, 0.25) is 0 Å². The molecular formula is C16H21BrFNO3. The van der Waals surface area contributed by atoms with Gasteiger partial charge < -0.3 is 14.2 Å². The third kappa shape index (κ3) is 4.19. The van der Waals surface area contributed by atoms with Crippen molar-refractivity contribution in [3.8, 4) is 5.75 Å². The quantitative estimate of drug-likeness (QED) is 0.793. The Balaban J connectivity index is 1.48. The van der Waals surface area contributed by atoms with E-state index in [9.17, 15) is 4.39 Å². The molecule has 0 aromatic heterocycles. The maximum Gasteiger partial charge on any atom is 0.125 e. The summed E-state index contributed by atoms with van der Waals surface area (Å²) in [6, 6.07) is 7.70. The lowest BCUT2D eigenvalue weighted by molar-refractivity contribution is -0.209. The van der Waals surface area contributed by atoms with Crippen molar-refractivity contribution in [1.82, 2.24) is 4.90 Å². The Labute approximate surface area is 138 Å². The summed E-state index contributed by atoms with van der Waals surface area (Å²) in [5.41, 5.74) is -0.397. The van der Waals surface area contributed by atoms with E-state index in [1.807, 2.05) is 31.2 Å². The van der Waals surface area contributed by atoms with E-state index in [1.165, 1.54) is 0 Å². The Morgan fingerprint density at radius 3 is 2.77 bits per heavy atom. The van der Waals surface area contributed by atoms with Gasteiger partial charge in [0.05, 0.1) is 13.2 Å². The molecule has 6 heteroatoms. The van der Waals surface area contributed by atoms with E-state index in [-0.39, 0.29) is 6.10 Å². The van der Waals surface area contributed by atoms with E-state index >= 15 is 0 Å². The smallest absolute Gasteiger partial charge is 0.125 e. The molecule has 2 atom stereocenters. The average molecular weight is 374 g/mol. The van der Waals surface area contributed by atoms with Gasteiger partial charge in [0.2, 0.25) is 0 Å². The van der Waals surface area contributed by atoms with Gasteiger partial charge in [-0.05, 0) is 31.2 Å². The summed E-state index contributed by atoms with van der Waals surface area (Å²) >= 11 is 3.40. The van der Waals surface area contributed by atoms with Gasteiger partial charge in [-0.3, -0.25) is 4.90 Å². The monoisotopic (exact) mass is 373 g/mol. The lowest BCUT2D eigenvalue weighted by Gasteiger charge is -2.44. The van der Waals surface area contributed by atoms with Gasteiger partial charge in [-0.25, -0.2) is 4.39 Å². The highest BCUT2D eigenvalue weighted by molar-refractivity contribution is 9.10. The second kappa shape index (κ2) is 6.83. The number of halogens is 2. The van der Waals surface area contributed by atoms with Crippen LogP contribution in [-0.2, 0) is 9.47 Å². The molecule has 0 N–H and O–H groups in total. The topological polar surface area (TPSA) is 30.9 Å². The van der Waals surface area contributed by atoms with E-state index in [0.29, 0.717) is 39.5 Å². The summed E-state index contributed by atoms with van der Waals surface area (Å²) < 4.78 is 31.5. The van der Waals surface area contributed by atoms with Gasteiger partial charge in [0.1, 0.15) is 30.2 Å². The number of ether oxygens (including phenoxy) is 3. The van der Waals surface area contributed by atoms with E-state index in [4.69, 9.17) is 14.2 Å². The second-order valence-corrected chi connectivity index (χ2v) is 7.18. The van der Waals surface area contributed by atoms with Crippen LogP contribution in [0.4, 0.5) is 4.39 Å². The Morgan fingerprint density at radius 1 is 1.36 bits per heavy atom. The first-order chi connectivity index (χ1) is 10.5. The van der Waals surface area contributed by atoms with Crippen molar-refractivity contribution in [3.05, 3.63) is 28.7 Å². The molecule has 0 unspecified atom stereocenters. The molecule has 0 saturated carbocycles. The molecule has 1 aromatic rings. The van der Waals surface area contributed by atoms with Crippen molar-refractivity contribution < 1.29 is 18.6 Å². The van der Waals surface area contributed by atoms with E-state index in [2.05, 4.69) is 20.8 Å². The van der Waals surface area contributed by atoms with Crippen molar-refractivity contribution in [1.29, 1.82) is 0 Å². The molecule has 2 aliphatic rings. The van der Waals surface area contributed by atoms with Crippen LogP contribution < -0.4 is 4.74 Å². The van der Waals surface area contributed by atoms with Crippen LogP contribution in [0, 0.1) is 0 Å². The fourth-order valence-electron chi connectivity index (χ4n) is 2.87. The molecule has 3 rings (SSSR count). The number of hydrogen-bond acceptors (Lipinski definition) is 4. The molecule has 2 heterocycles. The van der Waals surface area contributed by atoms with Crippen LogP contribution >= 0.6 is 15.9 Å². The number of alkyl halides is 1. The van der Waals surface area contributed by atoms with Gasteiger partial charge in [-0.15, -0.1) is 0 Å². The van der Waals surface area contributed by atoms with Crippen LogP contribution in [0.3, 0.4) is 0 Å². The third-order valence-corrected chi connectivity index (χ3v) is 4.41. The van der Waals surface area contributed by atoms with Crippen molar-refractivity contribution in [2.24, 2.45) is 0 Å². The van der Waals surface area contributed by atoms with Crippen LogP contribution in [0.1, 0.15) is 6.92 Å². The number of hydrogen-bond donors (Lipinski definition) is 0. The first-order valence-corrected chi connectivity index (χ1v) is 8.32. The molecular weight excluding hydrogens is 353 g/mol. The zero-order chi connectivity index (χ0) is 15.6. The van der Waals surface area contributed by atoms with Gasteiger partial charge in [0, 0.05) is 24.1 Å². The Hall–Kier alpha value is -0.690. The van der Waals surface area contributed by atoms with Gasteiger partial charge in [-0.1, -0.05) is 15.9 Å². The van der Waals surface area contributed by atoms with Crippen LogP contribution in [0.15, 0.2) is 28.7 Å². The van der Waals surface area contributed by atoms with E-state index < -0.39 is 11.8 Å². The minimum atomic E-state index is -0.690. The van der Waals surface area contributed by atoms with E-state index in [1.54, 1.807) is 0 Å². The highest BCUT2D eigenvalue weighted by atomic mass is 79.9. The van der Waals surface area contributed by atoms with Gasteiger partial charge >= 0.3 is 0 Å². The first kappa shape index (κ1) is 16.2. The largest absolute Gasteiger partial charge is 0.491 e. The molecule has 0 aliphatic carbocycles. The molecule has 122 valence electrons. The molecule has 1 aromatic carbocycles. The van der Waals surface area contributed by atoms with Gasteiger partial charge in [0.15, 0.2) is 0 Å². The highest BCUT2D eigenvalue weighted by Gasteiger charge is 2.39. The molecule has 2 aliphatic heterocycles. The van der Waals surface area contributed by atoms with Crippen LogP contribution in [0.5, 0.6) is 5.75 Å². The predicted octanol–water partition coefficient (Wildman–Crippen LogP) is 2.66. The Bertz CT molecular complexity index is 495. The standard InChI is InChI=1S/C16H21BrFNO3/c1-16(10-19-6-13(18)7-19)11-20-8-15(22-16)9-21-14-4-2-12(17)3-5-14/h2-5,13,15H,6-11H2,1H3/t15-,16+/m0/s1. The zero-order valence-corrected chi connectivity index (χ0v) is 14.2. The van der Waals surface area contributed by atoms with Crippen molar-refractivity contribution >= 4 is 15.9 Å². The first-order valence-electron chi connectivity index (χ1n) is 7.53. The predicted molar refractivity (Wildman–Crippen MR) is 85.1 cm³/mol. The molecule has 0 amide bonds. The minimum absolute atomic E-state index is 0.107. The summed E-state index contributed by atoms with van der Waals surface area (Å²) in [4.78, 5) is 2.06. The normalized spacial score (nSPS) is 30.0. The fraction of sp³-hybridized carbons (Fsp3) is 0.625. The van der Waals surface area contributed by atoms with Crippen molar-refractivity contribution in [3.63, 3.8) is 0 Å². The van der Waals surface area contributed by atoms with E-state index in [0.717, 1.165) is 10.2 Å². The number of likely N-dealkylation sites (tertiary alicyclic amines) is 1. The Kier molecular flexibility index (Phi) is 5.02. The van der Waals surface area contributed by atoms with Gasteiger partial charge in [-0.2, -0.15) is 0 Å². The van der Waals surface area contributed by atoms with Gasteiger partial charge in [0.25, 0.3) is 0 Å². The fourth-order valence-corrected chi connectivity index (χ4v) is 3.14. The molecule has 2 fully saturated rings. The molecule has 22 heavy (non-hydrogen) atoms. The molecule has 0 radical (unpaired) electrons. The minimum Gasteiger partial charge on any atom is -0.491 e. The highest BCUT2D eigenvalue weighted by Crippen LogP contribution is 2.25. The summed E-state index contributed by atoms with van der Waals surface area (Å²) in [5.74, 6) is 0.807. The van der Waals surface area contributed by atoms with Crippen molar-refractivity contribution in [2.45, 2.75) is 24.8 Å². The maximum absolute atomic E-state index is 12.9. The second-order valence-electron chi connectivity index (χ2n) is 6.26. The number of rotatable bonds is 5. The van der Waals surface area contributed by atoms with Crippen LogP contribution in [-0.4, -0.2) is 62.2 Å². The molecule has 0 spiro atoms. The summed E-state index contributed by atoms with van der Waals surface area (Å²) in [7, 11) is 0. The number of benzene rings is 1. The summed E-state index contributed by atoms with van der Waals surface area (Å²) in [6.45, 7) is 5.22. The van der Waals surface area contributed by atoms with Crippen molar-refractivity contribution in [2.75, 3.05) is 39.5 Å². The Morgan fingerprint density at radius 2 is 2.09 bits per heavy atom. The third-order valence-electron chi connectivity index (χ3n) is 3.88. The summed E-state index contributed by atoms with van der Waals surface area (Å²) in [5, 5.41) is 0. The molecule has 2 saturated heterocycles. The lowest BCUT2D eigenvalue weighted by Crippen LogP contribution is -2.59. The number of nitrogens with zero attached hydrogens (tertiary/aromatic N) is 1. The summed E-state index contributed by atoms with van der Waals surface area (Å²) in [6.07, 6.45) is -0.797. The zero-order valence-electron chi connectivity index (χ0n) is 12.6. The average Bonchev–Trinajstić information content (AvgIpc) is 2.45. The lowest BCUT2D eigenvalue weighted by atomic mass is 10.0. The molecule has 4 nitrogen and oxygen atoms in total.